The van der Waals surface area contributed by atoms with Gasteiger partial charge >= 0.3 is 0 Å². The van der Waals surface area contributed by atoms with Gasteiger partial charge in [0.2, 0.25) is 5.91 Å². The summed E-state index contributed by atoms with van der Waals surface area (Å²) in [6.07, 6.45) is 0.816. The zero-order valence-electron chi connectivity index (χ0n) is 12.2. The van der Waals surface area contributed by atoms with E-state index >= 15 is 0 Å². The molecule has 0 saturated heterocycles. The lowest BCUT2D eigenvalue weighted by Crippen LogP contribution is -2.39. The third kappa shape index (κ3) is 6.65. The van der Waals surface area contributed by atoms with Gasteiger partial charge in [-0.05, 0) is 18.5 Å². The van der Waals surface area contributed by atoms with Crippen LogP contribution in [0.5, 0.6) is 0 Å². The molecule has 0 aromatic heterocycles. The van der Waals surface area contributed by atoms with E-state index < -0.39 is 0 Å². The summed E-state index contributed by atoms with van der Waals surface area (Å²) in [5.74, 6) is 0.0957. The van der Waals surface area contributed by atoms with Crippen molar-refractivity contribution in [3.63, 3.8) is 0 Å². The van der Waals surface area contributed by atoms with E-state index in [0.717, 1.165) is 12.0 Å². The molecule has 0 bridgehead atoms. The fraction of sp³-hybridized carbons (Fsp3) is 0.533. The molecule has 0 spiro atoms. The number of hydrogen-bond acceptors (Lipinski definition) is 4. The fourth-order valence-electron chi connectivity index (χ4n) is 1.86. The molecule has 5 heteroatoms. The highest BCUT2D eigenvalue weighted by Crippen LogP contribution is 2.05. The summed E-state index contributed by atoms with van der Waals surface area (Å²) in [6.45, 7) is 3.53. The Labute approximate surface area is 121 Å². The van der Waals surface area contributed by atoms with Crippen molar-refractivity contribution in [1.82, 2.24) is 10.2 Å². The van der Waals surface area contributed by atoms with Crippen LogP contribution in [0, 0.1) is 0 Å². The van der Waals surface area contributed by atoms with Crippen LogP contribution in [-0.2, 0) is 16.1 Å². The fourth-order valence-corrected chi connectivity index (χ4v) is 1.86. The zero-order valence-corrected chi connectivity index (χ0v) is 12.2. The molecule has 1 aromatic rings. The van der Waals surface area contributed by atoms with Crippen LogP contribution < -0.4 is 11.1 Å². The first-order chi connectivity index (χ1) is 9.77. The summed E-state index contributed by atoms with van der Waals surface area (Å²) in [5, 5.41) is 3.08. The highest BCUT2D eigenvalue weighted by Gasteiger charge is 2.12. The Balaban J connectivity index is 2.47. The number of carbonyl (C=O) groups is 1. The van der Waals surface area contributed by atoms with E-state index in [9.17, 15) is 4.79 Å². The van der Waals surface area contributed by atoms with Gasteiger partial charge < -0.3 is 20.7 Å². The number of benzene rings is 1. The lowest BCUT2D eigenvalue weighted by molar-refractivity contribution is -0.130. The van der Waals surface area contributed by atoms with E-state index in [1.54, 1.807) is 7.11 Å². The number of nitrogens with zero attached hydrogens (tertiary/aromatic N) is 1. The molecular weight excluding hydrogens is 254 g/mol. The number of amides is 1. The third-order valence-corrected chi connectivity index (χ3v) is 2.96. The average molecular weight is 279 g/mol. The topological polar surface area (TPSA) is 67.6 Å². The molecule has 0 unspecified atom stereocenters. The van der Waals surface area contributed by atoms with Gasteiger partial charge in [-0.1, -0.05) is 30.3 Å². The molecule has 5 nitrogen and oxygen atoms in total. The molecule has 0 saturated carbocycles. The summed E-state index contributed by atoms with van der Waals surface area (Å²) < 4.78 is 4.94. The van der Waals surface area contributed by atoms with Crippen molar-refractivity contribution < 1.29 is 9.53 Å². The summed E-state index contributed by atoms with van der Waals surface area (Å²) in [7, 11) is 1.65. The molecule has 20 heavy (non-hydrogen) atoms. The predicted molar refractivity (Wildman–Crippen MR) is 80.3 cm³/mol. The maximum absolute atomic E-state index is 12.2. The summed E-state index contributed by atoms with van der Waals surface area (Å²) in [6, 6.07) is 10.00. The molecule has 0 aliphatic carbocycles. The molecule has 0 aliphatic heterocycles. The SMILES string of the molecule is COCCNCC(=O)N(CCCN)Cc1ccccc1. The number of nitrogens with two attached hydrogens (primary N) is 1. The minimum Gasteiger partial charge on any atom is -0.383 e. The smallest absolute Gasteiger partial charge is 0.236 e. The second-order valence-corrected chi connectivity index (χ2v) is 4.61. The number of rotatable bonds is 10. The molecule has 3 N–H and O–H groups in total. The Kier molecular flexibility index (Phi) is 8.62. The van der Waals surface area contributed by atoms with Gasteiger partial charge in [0.05, 0.1) is 13.2 Å². The summed E-state index contributed by atoms with van der Waals surface area (Å²) >= 11 is 0. The second-order valence-electron chi connectivity index (χ2n) is 4.61. The van der Waals surface area contributed by atoms with Gasteiger partial charge in [-0.3, -0.25) is 4.79 Å². The van der Waals surface area contributed by atoms with Crippen molar-refractivity contribution >= 4 is 5.91 Å². The number of carbonyl (C=O) groups excluding carboxylic acids is 1. The van der Waals surface area contributed by atoms with Crippen molar-refractivity contribution in [1.29, 1.82) is 0 Å². The van der Waals surface area contributed by atoms with Gasteiger partial charge in [0.25, 0.3) is 0 Å². The number of methoxy groups -OCH3 is 1. The van der Waals surface area contributed by atoms with Gasteiger partial charge in [0.1, 0.15) is 0 Å². The number of hydrogen-bond donors (Lipinski definition) is 2. The van der Waals surface area contributed by atoms with E-state index in [1.807, 2.05) is 35.2 Å². The lowest BCUT2D eigenvalue weighted by atomic mass is 10.2. The Morgan fingerprint density at radius 3 is 2.75 bits per heavy atom. The molecular formula is C15H25N3O2. The van der Waals surface area contributed by atoms with Crippen molar-refractivity contribution in [3.05, 3.63) is 35.9 Å². The van der Waals surface area contributed by atoms with Crippen LogP contribution in [-0.4, -0.2) is 50.7 Å². The Morgan fingerprint density at radius 1 is 1.35 bits per heavy atom. The Morgan fingerprint density at radius 2 is 2.10 bits per heavy atom. The largest absolute Gasteiger partial charge is 0.383 e. The highest BCUT2D eigenvalue weighted by atomic mass is 16.5. The van der Waals surface area contributed by atoms with E-state index in [0.29, 0.717) is 39.3 Å². The molecule has 0 heterocycles. The first-order valence-corrected chi connectivity index (χ1v) is 6.99. The third-order valence-electron chi connectivity index (χ3n) is 2.96. The van der Waals surface area contributed by atoms with Gasteiger partial charge in [0, 0.05) is 26.7 Å². The monoisotopic (exact) mass is 279 g/mol. The molecule has 0 fully saturated rings. The van der Waals surface area contributed by atoms with Crippen LogP contribution >= 0.6 is 0 Å². The first-order valence-electron chi connectivity index (χ1n) is 6.99. The standard InChI is InChI=1S/C15H25N3O2/c1-20-11-9-17-12-15(19)18(10-5-8-16)13-14-6-3-2-4-7-14/h2-4,6-7,17H,5,8-13,16H2,1H3. The normalized spacial score (nSPS) is 10.5. The Hall–Kier alpha value is -1.43. The lowest BCUT2D eigenvalue weighted by Gasteiger charge is -2.23. The predicted octanol–water partition coefficient (Wildman–Crippen LogP) is 0.600. The molecule has 0 atom stereocenters. The molecule has 0 radical (unpaired) electrons. The molecule has 1 rings (SSSR count). The van der Waals surface area contributed by atoms with Gasteiger partial charge in [0.15, 0.2) is 0 Å². The zero-order chi connectivity index (χ0) is 14.6. The van der Waals surface area contributed by atoms with Crippen LogP contribution in [0.15, 0.2) is 30.3 Å². The highest BCUT2D eigenvalue weighted by molar-refractivity contribution is 5.78. The van der Waals surface area contributed by atoms with Crippen LogP contribution in [0.4, 0.5) is 0 Å². The molecule has 1 amide bonds. The van der Waals surface area contributed by atoms with Crippen LogP contribution in [0.3, 0.4) is 0 Å². The van der Waals surface area contributed by atoms with Crippen LogP contribution in [0.2, 0.25) is 0 Å². The molecule has 0 aliphatic rings. The average Bonchev–Trinajstić information content (AvgIpc) is 2.48. The van der Waals surface area contributed by atoms with Crippen molar-refractivity contribution in [2.75, 3.05) is 39.9 Å². The van der Waals surface area contributed by atoms with E-state index in [-0.39, 0.29) is 5.91 Å². The van der Waals surface area contributed by atoms with E-state index in [4.69, 9.17) is 10.5 Å². The van der Waals surface area contributed by atoms with E-state index in [2.05, 4.69) is 5.32 Å². The van der Waals surface area contributed by atoms with Crippen molar-refractivity contribution in [3.8, 4) is 0 Å². The summed E-state index contributed by atoms with van der Waals surface area (Å²) in [5.41, 5.74) is 6.67. The second kappa shape index (κ2) is 10.4. The summed E-state index contributed by atoms with van der Waals surface area (Å²) in [4.78, 5) is 14.0. The minimum atomic E-state index is 0.0957. The van der Waals surface area contributed by atoms with Crippen LogP contribution in [0.1, 0.15) is 12.0 Å². The van der Waals surface area contributed by atoms with E-state index in [1.165, 1.54) is 0 Å². The van der Waals surface area contributed by atoms with Gasteiger partial charge in [-0.15, -0.1) is 0 Å². The van der Waals surface area contributed by atoms with Gasteiger partial charge in [-0.25, -0.2) is 0 Å². The maximum Gasteiger partial charge on any atom is 0.236 e. The van der Waals surface area contributed by atoms with Gasteiger partial charge in [-0.2, -0.15) is 0 Å². The van der Waals surface area contributed by atoms with Crippen molar-refractivity contribution in [2.24, 2.45) is 5.73 Å². The molecule has 112 valence electrons. The maximum atomic E-state index is 12.2. The first kappa shape index (κ1) is 16.6. The quantitative estimate of drug-likeness (QED) is 0.616. The van der Waals surface area contributed by atoms with Crippen molar-refractivity contribution in [2.45, 2.75) is 13.0 Å². The number of ether oxygens (including phenoxy) is 1. The number of nitrogens with one attached hydrogen (secondary N) is 1. The van der Waals surface area contributed by atoms with Crippen LogP contribution in [0.25, 0.3) is 0 Å². The minimum absolute atomic E-state index is 0.0957. The Bertz CT molecular complexity index is 371. The molecule has 1 aromatic carbocycles.